The lowest BCUT2D eigenvalue weighted by Crippen LogP contribution is -2.48. The van der Waals surface area contributed by atoms with E-state index in [1.165, 1.54) is 4.31 Å². The Kier molecular flexibility index (Phi) is 4.32. The highest BCUT2D eigenvalue weighted by atomic mass is 32.2. The van der Waals surface area contributed by atoms with Crippen molar-refractivity contribution in [1.82, 2.24) is 5.32 Å². The first-order valence-corrected chi connectivity index (χ1v) is 8.90. The Hall–Kier alpha value is -1.64. The number of morpholine rings is 1. The van der Waals surface area contributed by atoms with Crippen LogP contribution in [-0.4, -0.2) is 52.4 Å². The van der Waals surface area contributed by atoms with Crippen molar-refractivity contribution in [1.29, 1.82) is 0 Å². The lowest BCUT2D eigenvalue weighted by molar-refractivity contribution is -0.120. The summed E-state index contributed by atoms with van der Waals surface area (Å²) in [6.45, 7) is 2.14. The number of nitrogens with one attached hydrogen (secondary N) is 2. The van der Waals surface area contributed by atoms with Gasteiger partial charge in [-0.3, -0.25) is 9.10 Å². The Labute approximate surface area is 129 Å². The summed E-state index contributed by atoms with van der Waals surface area (Å²) in [5.74, 6) is 0.0417. The molecular weight excluding hydrogens is 306 g/mol. The Morgan fingerprint density at radius 3 is 2.68 bits per heavy atom. The van der Waals surface area contributed by atoms with Gasteiger partial charge in [0.25, 0.3) is 0 Å². The molecule has 22 heavy (non-hydrogen) atoms. The molecule has 0 spiro atoms. The van der Waals surface area contributed by atoms with Crippen LogP contribution in [0.1, 0.15) is 6.42 Å². The molecule has 2 aliphatic rings. The first-order chi connectivity index (χ1) is 10.6. The second-order valence-corrected chi connectivity index (χ2v) is 7.37. The summed E-state index contributed by atoms with van der Waals surface area (Å²) in [6, 6.07) is 6.50. The summed E-state index contributed by atoms with van der Waals surface area (Å²) >= 11 is 0. The molecule has 2 N–H and O–H groups in total. The van der Waals surface area contributed by atoms with Gasteiger partial charge in [-0.15, -0.1) is 0 Å². The van der Waals surface area contributed by atoms with Crippen LogP contribution in [0.2, 0.25) is 0 Å². The first kappa shape index (κ1) is 15.3. The molecule has 2 heterocycles. The molecule has 8 heteroatoms. The smallest absolute Gasteiger partial charge is 0.243 e. The second kappa shape index (κ2) is 6.23. The number of hydrogen-bond acceptors (Lipinski definition) is 5. The topological polar surface area (TPSA) is 87.7 Å². The standard InChI is InChI=1S/C14H19N3O4S/c18-14(13-10-21-8-6-15-13)16-11-2-4-12(5-3-11)17-7-1-9-22(17,19)20/h2-5,13,15H,1,6-10H2,(H,16,18). The van der Waals surface area contributed by atoms with Crippen LogP contribution in [-0.2, 0) is 19.6 Å². The lowest BCUT2D eigenvalue weighted by atomic mass is 10.2. The van der Waals surface area contributed by atoms with Crippen molar-refractivity contribution >= 4 is 27.3 Å². The Balaban J connectivity index is 1.65. The number of sulfonamides is 1. The third-order valence-corrected chi connectivity index (χ3v) is 5.63. The molecule has 2 saturated heterocycles. The van der Waals surface area contributed by atoms with Gasteiger partial charge in [0.1, 0.15) is 6.04 Å². The van der Waals surface area contributed by atoms with E-state index in [0.29, 0.717) is 44.1 Å². The minimum Gasteiger partial charge on any atom is -0.378 e. The van der Waals surface area contributed by atoms with Crippen molar-refractivity contribution in [2.45, 2.75) is 12.5 Å². The van der Waals surface area contributed by atoms with Gasteiger partial charge < -0.3 is 15.4 Å². The van der Waals surface area contributed by atoms with Gasteiger partial charge in [-0.25, -0.2) is 8.42 Å². The van der Waals surface area contributed by atoms with Gasteiger partial charge in [0.2, 0.25) is 15.9 Å². The number of benzene rings is 1. The zero-order valence-electron chi connectivity index (χ0n) is 12.1. The highest BCUT2D eigenvalue weighted by Gasteiger charge is 2.28. The largest absolute Gasteiger partial charge is 0.378 e. The molecule has 120 valence electrons. The molecule has 0 aromatic heterocycles. The molecule has 0 aliphatic carbocycles. The summed E-state index contributed by atoms with van der Waals surface area (Å²) < 4.78 is 30.4. The Morgan fingerprint density at radius 1 is 1.32 bits per heavy atom. The fourth-order valence-electron chi connectivity index (χ4n) is 2.60. The van der Waals surface area contributed by atoms with E-state index in [0.717, 1.165) is 0 Å². The van der Waals surface area contributed by atoms with E-state index in [-0.39, 0.29) is 17.7 Å². The van der Waals surface area contributed by atoms with E-state index in [4.69, 9.17) is 4.74 Å². The van der Waals surface area contributed by atoms with Gasteiger partial charge in [-0.2, -0.15) is 0 Å². The maximum atomic E-state index is 12.1. The molecule has 0 bridgehead atoms. The van der Waals surface area contributed by atoms with Crippen molar-refractivity contribution in [2.75, 3.05) is 41.7 Å². The molecule has 2 fully saturated rings. The molecular formula is C14H19N3O4S. The summed E-state index contributed by atoms with van der Waals surface area (Å²) in [7, 11) is -3.17. The third-order valence-electron chi connectivity index (χ3n) is 3.76. The number of nitrogens with zero attached hydrogens (tertiary/aromatic N) is 1. The Bertz CT molecular complexity index is 639. The maximum absolute atomic E-state index is 12.1. The normalized spacial score (nSPS) is 24.2. The zero-order chi connectivity index (χ0) is 15.6. The maximum Gasteiger partial charge on any atom is 0.243 e. The van der Waals surface area contributed by atoms with Crippen LogP contribution < -0.4 is 14.9 Å². The molecule has 1 amide bonds. The number of hydrogen-bond donors (Lipinski definition) is 2. The minimum atomic E-state index is -3.17. The van der Waals surface area contributed by atoms with E-state index in [9.17, 15) is 13.2 Å². The summed E-state index contributed by atoms with van der Waals surface area (Å²) in [4.78, 5) is 12.1. The van der Waals surface area contributed by atoms with E-state index in [1.807, 2.05) is 0 Å². The molecule has 1 aromatic rings. The molecule has 3 rings (SSSR count). The van der Waals surface area contributed by atoms with Gasteiger partial charge in [0.05, 0.1) is 24.7 Å². The third kappa shape index (κ3) is 3.23. The van der Waals surface area contributed by atoms with Crippen LogP contribution in [0.3, 0.4) is 0 Å². The highest BCUT2D eigenvalue weighted by molar-refractivity contribution is 7.93. The van der Waals surface area contributed by atoms with Gasteiger partial charge in [-0.1, -0.05) is 0 Å². The van der Waals surface area contributed by atoms with Crippen LogP contribution in [0.25, 0.3) is 0 Å². The number of carbonyl (C=O) groups is 1. The van der Waals surface area contributed by atoms with Gasteiger partial charge in [-0.05, 0) is 30.7 Å². The molecule has 0 saturated carbocycles. The number of rotatable bonds is 3. The van der Waals surface area contributed by atoms with Crippen LogP contribution in [0.4, 0.5) is 11.4 Å². The van der Waals surface area contributed by atoms with E-state index in [1.54, 1.807) is 24.3 Å². The van der Waals surface area contributed by atoms with Crippen molar-refractivity contribution in [3.05, 3.63) is 24.3 Å². The molecule has 1 unspecified atom stereocenters. The van der Waals surface area contributed by atoms with Crippen LogP contribution >= 0.6 is 0 Å². The van der Waals surface area contributed by atoms with Crippen molar-refractivity contribution < 1.29 is 17.9 Å². The summed E-state index contributed by atoms with van der Waals surface area (Å²) in [6.07, 6.45) is 0.647. The first-order valence-electron chi connectivity index (χ1n) is 7.29. The fourth-order valence-corrected chi connectivity index (χ4v) is 4.17. The Morgan fingerprint density at radius 2 is 2.09 bits per heavy atom. The molecule has 1 aromatic carbocycles. The predicted octanol–water partition coefficient (Wildman–Crippen LogP) is 0.153. The van der Waals surface area contributed by atoms with Crippen LogP contribution in [0.15, 0.2) is 24.3 Å². The minimum absolute atomic E-state index is 0.152. The van der Waals surface area contributed by atoms with Gasteiger partial charge in [0.15, 0.2) is 0 Å². The van der Waals surface area contributed by atoms with Crippen molar-refractivity contribution in [2.24, 2.45) is 0 Å². The van der Waals surface area contributed by atoms with Gasteiger partial charge in [0, 0.05) is 18.8 Å². The SMILES string of the molecule is O=C(Nc1ccc(N2CCCS2(=O)=O)cc1)C1COCCN1. The number of amides is 1. The number of carbonyl (C=O) groups excluding carboxylic acids is 1. The second-order valence-electron chi connectivity index (χ2n) is 5.36. The number of ether oxygens (including phenoxy) is 1. The molecule has 1 atom stereocenters. The predicted molar refractivity (Wildman–Crippen MR) is 83.4 cm³/mol. The van der Waals surface area contributed by atoms with Crippen LogP contribution in [0.5, 0.6) is 0 Å². The monoisotopic (exact) mass is 325 g/mol. The summed E-state index contributed by atoms with van der Waals surface area (Å²) in [5.41, 5.74) is 1.27. The molecule has 2 aliphatic heterocycles. The molecule has 0 radical (unpaired) electrons. The van der Waals surface area contributed by atoms with Crippen LogP contribution in [0, 0.1) is 0 Å². The average molecular weight is 325 g/mol. The van der Waals surface area contributed by atoms with Crippen molar-refractivity contribution in [3.63, 3.8) is 0 Å². The zero-order valence-corrected chi connectivity index (χ0v) is 12.9. The highest BCUT2D eigenvalue weighted by Crippen LogP contribution is 2.25. The number of anilines is 2. The molecule has 7 nitrogen and oxygen atoms in total. The fraction of sp³-hybridized carbons (Fsp3) is 0.500. The van der Waals surface area contributed by atoms with E-state index in [2.05, 4.69) is 10.6 Å². The lowest BCUT2D eigenvalue weighted by Gasteiger charge is -2.23. The van der Waals surface area contributed by atoms with Gasteiger partial charge >= 0.3 is 0 Å². The van der Waals surface area contributed by atoms with E-state index >= 15 is 0 Å². The quantitative estimate of drug-likeness (QED) is 0.826. The van der Waals surface area contributed by atoms with E-state index < -0.39 is 10.0 Å². The van der Waals surface area contributed by atoms with Crippen molar-refractivity contribution in [3.8, 4) is 0 Å². The summed E-state index contributed by atoms with van der Waals surface area (Å²) in [5, 5.41) is 5.88. The average Bonchev–Trinajstić information content (AvgIpc) is 2.88.